The van der Waals surface area contributed by atoms with Crippen LogP contribution in [0, 0.1) is 0 Å². The lowest BCUT2D eigenvalue weighted by Gasteiger charge is -2.30. The van der Waals surface area contributed by atoms with Gasteiger partial charge >= 0.3 is 15.6 Å². The van der Waals surface area contributed by atoms with E-state index in [1.165, 1.54) is 24.3 Å². The first-order chi connectivity index (χ1) is 17.6. The normalized spacial score (nSPS) is 13.3. The standard InChI is InChI=1S/C27H26O8P2/c1-27(2,22-13-12-20-26(21-22)32-36(28,29)31-23-14-6-3-7-15-23)35-37(30,33-24-16-8-4-9-17-24)34-25-18-10-5-11-19-25/h3-21H,1-2H3,(H,28,29). The summed E-state index contributed by atoms with van der Waals surface area (Å²) in [5.74, 6) is 0.840. The smallest absolute Gasteiger partial charge is 0.395 e. The second-order valence-corrected chi connectivity index (χ2v) is 11.1. The molecule has 0 fully saturated rings. The number of para-hydroxylation sites is 3. The molecule has 192 valence electrons. The Balaban J connectivity index is 1.56. The first-order valence-corrected chi connectivity index (χ1v) is 14.3. The highest BCUT2D eigenvalue weighted by Crippen LogP contribution is 2.55. The molecule has 4 aromatic rings. The van der Waals surface area contributed by atoms with Crippen molar-refractivity contribution in [2.24, 2.45) is 0 Å². The van der Waals surface area contributed by atoms with Gasteiger partial charge in [0.2, 0.25) is 0 Å². The van der Waals surface area contributed by atoms with Crippen LogP contribution in [0.3, 0.4) is 0 Å². The number of phosphoric ester groups is 2. The van der Waals surface area contributed by atoms with Gasteiger partial charge in [-0.3, -0.25) is 9.42 Å². The third-order valence-corrected chi connectivity index (χ3v) is 7.41. The molecule has 4 aromatic carbocycles. The van der Waals surface area contributed by atoms with E-state index in [1.807, 2.05) is 0 Å². The molecular weight excluding hydrogens is 514 g/mol. The van der Waals surface area contributed by atoms with Crippen molar-refractivity contribution >= 4 is 15.6 Å². The van der Waals surface area contributed by atoms with Gasteiger partial charge in [-0.05, 0) is 67.9 Å². The molecule has 0 radical (unpaired) electrons. The summed E-state index contributed by atoms with van der Waals surface area (Å²) in [6, 6.07) is 31.5. The van der Waals surface area contributed by atoms with Gasteiger partial charge in [0, 0.05) is 0 Å². The Bertz CT molecular complexity index is 1350. The van der Waals surface area contributed by atoms with Crippen LogP contribution in [0.5, 0.6) is 23.0 Å². The zero-order valence-electron chi connectivity index (χ0n) is 20.2. The first kappa shape index (κ1) is 26.5. The van der Waals surface area contributed by atoms with E-state index in [0.717, 1.165) is 0 Å². The Labute approximate surface area is 215 Å². The van der Waals surface area contributed by atoms with Crippen LogP contribution in [-0.4, -0.2) is 4.89 Å². The third kappa shape index (κ3) is 7.72. The lowest BCUT2D eigenvalue weighted by Crippen LogP contribution is -2.23. The van der Waals surface area contributed by atoms with Gasteiger partial charge in [-0.15, -0.1) is 0 Å². The van der Waals surface area contributed by atoms with Crippen molar-refractivity contribution in [3.63, 3.8) is 0 Å². The van der Waals surface area contributed by atoms with Crippen molar-refractivity contribution in [1.29, 1.82) is 0 Å². The highest BCUT2D eigenvalue weighted by Gasteiger charge is 2.40. The van der Waals surface area contributed by atoms with E-state index in [4.69, 9.17) is 22.6 Å². The maximum atomic E-state index is 13.9. The second-order valence-electron chi connectivity index (χ2n) is 8.35. The minimum absolute atomic E-state index is 0.0544. The van der Waals surface area contributed by atoms with E-state index in [1.54, 1.807) is 105 Å². The minimum atomic E-state index is -4.49. The van der Waals surface area contributed by atoms with Crippen molar-refractivity contribution in [2.75, 3.05) is 0 Å². The summed E-state index contributed by atoms with van der Waals surface area (Å²) in [5.41, 5.74) is -0.753. The molecule has 10 heteroatoms. The molecule has 0 bridgehead atoms. The molecule has 37 heavy (non-hydrogen) atoms. The van der Waals surface area contributed by atoms with Crippen LogP contribution >= 0.6 is 15.6 Å². The van der Waals surface area contributed by atoms with Crippen LogP contribution in [-0.2, 0) is 19.3 Å². The van der Waals surface area contributed by atoms with Gasteiger partial charge in [0.15, 0.2) is 0 Å². The zero-order valence-corrected chi connectivity index (χ0v) is 22.0. The van der Waals surface area contributed by atoms with Crippen LogP contribution in [0.15, 0.2) is 115 Å². The van der Waals surface area contributed by atoms with E-state index in [-0.39, 0.29) is 11.5 Å². The Morgan fingerprint density at radius 3 is 1.46 bits per heavy atom. The van der Waals surface area contributed by atoms with E-state index in [0.29, 0.717) is 17.1 Å². The van der Waals surface area contributed by atoms with Gasteiger partial charge in [0.25, 0.3) is 0 Å². The van der Waals surface area contributed by atoms with Crippen LogP contribution in [0.2, 0.25) is 0 Å². The highest BCUT2D eigenvalue weighted by molar-refractivity contribution is 7.49. The van der Waals surface area contributed by atoms with Gasteiger partial charge in [-0.1, -0.05) is 66.7 Å². The Morgan fingerprint density at radius 2 is 0.973 bits per heavy atom. The average molecular weight is 540 g/mol. The summed E-state index contributed by atoms with van der Waals surface area (Å²) >= 11 is 0. The molecule has 1 unspecified atom stereocenters. The Morgan fingerprint density at radius 1 is 0.568 bits per heavy atom. The van der Waals surface area contributed by atoms with Gasteiger partial charge in [-0.25, -0.2) is 9.13 Å². The van der Waals surface area contributed by atoms with Crippen LogP contribution in [0.4, 0.5) is 0 Å². The zero-order chi connectivity index (χ0) is 26.4. The predicted octanol–water partition coefficient (Wildman–Crippen LogP) is 7.76. The molecule has 0 aromatic heterocycles. The summed E-state index contributed by atoms with van der Waals surface area (Å²) in [4.78, 5) is 10.2. The van der Waals surface area contributed by atoms with Crippen molar-refractivity contribution < 1.29 is 36.6 Å². The SMILES string of the molecule is CC(C)(OP(=O)(Oc1ccccc1)Oc1ccccc1)c1cccc(OP(=O)(O)Oc2ccccc2)c1. The maximum absolute atomic E-state index is 13.9. The monoisotopic (exact) mass is 540 g/mol. The van der Waals surface area contributed by atoms with Gasteiger partial charge in [-0.2, -0.15) is 0 Å². The molecule has 1 atom stereocenters. The number of rotatable bonds is 11. The van der Waals surface area contributed by atoms with E-state index >= 15 is 0 Å². The summed E-state index contributed by atoms with van der Waals surface area (Å²) in [7, 11) is -8.71. The molecule has 0 aliphatic heterocycles. The van der Waals surface area contributed by atoms with Gasteiger partial charge in [0.05, 0.1) is 0 Å². The molecule has 0 aliphatic carbocycles. The molecule has 0 spiro atoms. The fourth-order valence-electron chi connectivity index (χ4n) is 3.30. The summed E-state index contributed by atoms with van der Waals surface area (Å²) in [5, 5.41) is 0. The Hall–Kier alpha value is -3.54. The summed E-state index contributed by atoms with van der Waals surface area (Å²) in [6.07, 6.45) is 0. The molecule has 0 amide bonds. The van der Waals surface area contributed by atoms with E-state index in [2.05, 4.69) is 0 Å². The van der Waals surface area contributed by atoms with Crippen molar-refractivity contribution in [3.05, 3.63) is 121 Å². The van der Waals surface area contributed by atoms with Crippen LogP contribution < -0.4 is 18.1 Å². The van der Waals surface area contributed by atoms with Crippen molar-refractivity contribution in [1.82, 2.24) is 0 Å². The molecular formula is C27H26O8P2. The number of hydrogen-bond donors (Lipinski definition) is 1. The molecule has 0 saturated heterocycles. The fraction of sp³-hybridized carbons (Fsp3) is 0.111. The van der Waals surface area contributed by atoms with E-state index < -0.39 is 21.2 Å². The van der Waals surface area contributed by atoms with Crippen LogP contribution in [0.25, 0.3) is 0 Å². The number of hydrogen-bond acceptors (Lipinski definition) is 7. The first-order valence-electron chi connectivity index (χ1n) is 11.3. The number of phosphoric acid groups is 2. The maximum Gasteiger partial charge on any atom is 0.588 e. The number of benzene rings is 4. The van der Waals surface area contributed by atoms with Crippen molar-refractivity contribution in [2.45, 2.75) is 19.4 Å². The molecule has 0 aliphatic rings. The van der Waals surface area contributed by atoms with E-state index in [9.17, 15) is 14.0 Å². The Kier molecular flexibility index (Phi) is 8.06. The fourth-order valence-corrected chi connectivity index (χ4v) is 5.64. The lowest BCUT2D eigenvalue weighted by atomic mass is 9.98. The molecule has 0 saturated carbocycles. The molecule has 8 nitrogen and oxygen atoms in total. The van der Waals surface area contributed by atoms with Gasteiger partial charge in [0.1, 0.15) is 28.6 Å². The van der Waals surface area contributed by atoms with Gasteiger partial charge < -0.3 is 18.1 Å². The molecule has 4 rings (SSSR count). The summed E-state index contributed by atoms with van der Waals surface area (Å²) in [6.45, 7) is 3.33. The third-order valence-electron chi connectivity index (χ3n) is 4.97. The lowest BCUT2D eigenvalue weighted by molar-refractivity contribution is 0.0697. The highest BCUT2D eigenvalue weighted by atomic mass is 31.2. The van der Waals surface area contributed by atoms with Crippen molar-refractivity contribution in [3.8, 4) is 23.0 Å². The van der Waals surface area contributed by atoms with Crippen LogP contribution in [0.1, 0.15) is 19.4 Å². The molecule has 1 N–H and O–H groups in total. The average Bonchev–Trinajstić information content (AvgIpc) is 2.85. The topological polar surface area (TPSA) is 101 Å². The minimum Gasteiger partial charge on any atom is -0.395 e. The summed E-state index contributed by atoms with van der Waals surface area (Å²) < 4.78 is 54.2. The second kappa shape index (κ2) is 11.2. The quantitative estimate of drug-likeness (QED) is 0.193. The largest absolute Gasteiger partial charge is 0.588 e. The molecule has 0 heterocycles. The predicted molar refractivity (Wildman–Crippen MR) is 140 cm³/mol.